The Morgan fingerprint density at radius 2 is 1.83 bits per heavy atom. The van der Waals surface area contributed by atoms with Gasteiger partial charge in [-0.1, -0.05) is 26.7 Å². The molecule has 0 aromatic carbocycles. The predicted molar refractivity (Wildman–Crippen MR) is 83.3 cm³/mol. The third-order valence-electron chi connectivity index (χ3n) is 4.62. The molecule has 2 heteroatoms. The maximum absolute atomic E-state index is 3.89. The quantitative estimate of drug-likeness (QED) is 0.797. The molecule has 2 rings (SSSR count). The molecule has 2 atom stereocenters. The van der Waals surface area contributed by atoms with Crippen molar-refractivity contribution < 1.29 is 0 Å². The van der Waals surface area contributed by atoms with E-state index in [9.17, 15) is 0 Å². The van der Waals surface area contributed by atoms with Crippen LogP contribution in [-0.4, -0.2) is 24.1 Å². The molecule has 0 radical (unpaired) electrons. The molecule has 1 saturated carbocycles. The van der Waals surface area contributed by atoms with E-state index in [0.717, 1.165) is 23.8 Å². The minimum atomic E-state index is 0.831. The van der Waals surface area contributed by atoms with Gasteiger partial charge in [-0.05, 0) is 67.9 Å². The summed E-state index contributed by atoms with van der Waals surface area (Å²) in [6.07, 6.45) is 10.1. The lowest BCUT2D eigenvalue weighted by molar-refractivity contribution is 0.244. The summed E-state index contributed by atoms with van der Waals surface area (Å²) in [6.45, 7) is 6.03. The number of thioether (sulfide) groups is 1. The Bertz CT molecular complexity index is 223. The fourth-order valence-corrected chi connectivity index (χ4v) is 4.85. The Kier molecular flexibility index (Phi) is 6.37. The fraction of sp³-hybridized carbons (Fsp3) is 1.00. The van der Waals surface area contributed by atoms with Crippen molar-refractivity contribution in [2.45, 2.75) is 64.8 Å². The minimum Gasteiger partial charge on any atom is -0.314 e. The molecule has 1 aliphatic carbocycles. The van der Waals surface area contributed by atoms with Crippen LogP contribution in [0, 0.1) is 17.8 Å². The predicted octanol–water partition coefficient (Wildman–Crippen LogP) is 4.32. The highest BCUT2D eigenvalue weighted by atomic mass is 32.2. The first kappa shape index (κ1) is 14.7. The Morgan fingerprint density at radius 3 is 2.56 bits per heavy atom. The summed E-state index contributed by atoms with van der Waals surface area (Å²) in [6, 6.07) is 0.831. The van der Waals surface area contributed by atoms with Gasteiger partial charge in [0.05, 0.1) is 0 Å². The molecule has 106 valence electrons. The fourth-order valence-electron chi connectivity index (χ4n) is 3.64. The second-order valence-electron chi connectivity index (χ2n) is 6.82. The molecule has 0 bridgehead atoms. The zero-order chi connectivity index (χ0) is 12.8. The molecule has 2 unspecified atom stereocenters. The lowest BCUT2D eigenvalue weighted by Crippen LogP contribution is -2.38. The summed E-state index contributed by atoms with van der Waals surface area (Å²) in [5, 5.41) is 3.89. The van der Waals surface area contributed by atoms with E-state index in [0.29, 0.717) is 0 Å². The minimum absolute atomic E-state index is 0.831. The maximum Gasteiger partial charge on any atom is 0.00698 e. The van der Waals surface area contributed by atoms with Crippen LogP contribution in [0.15, 0.2) is 0 Å². The lowest BCUT2D eigenvalue weighted by Gasteiger charge is -2.32. The highest BCUT2D eigenvalue weighted by molar-refractivity contribution is 7.99. The summed E-state index contributed by atoms with van der Waals surface area (Å²) in [5.74, 6) is 5.64. The first-order valence-electron chi connectivity index (χ1n) is 8.05. The molecule has 2 fully saturated rings. The first-order valence-corrected chi connectivity index (χ1v) is 9.20. The Balaban J connectivity index is 1.65. The molecule has 0 aromatic rings. The van der Waals surface area contributed by atoms with E-state index in [4.69, 9.17) is 0 Å². The average molecular weight is 269 g/mol. The molecule has 1 nitrogen and oxygen atoms in total. The number of nitrogens with one attached hydrogen (secondary N) is 1. The topological polar surface area (TPSA) is 12.0 Å². The second-order valence-corrected chi connectivity index (χ2v) is 8.05. The van der Waals surface area contributed by atoms with Gasteiger partial charge in [-0.2, -0.15) is 11.8 Å². The molecule has 18 heavy (non-hydrogen) atoms. The summed E-state index contributed by atoms with van der Waals surface area (Å²) >= 11 is 2.14. The van der Waals surface area contributed by atoms with Crippen molar-refractivity contribution in [1.82, 2.24) is 5.32 Å². The number of rotatable bonds is 5. The monoisotopic (exact) mass is 269 g/mol. The Hall–Kier alpha value is 0.310. The summed E-state index contributed by atoms with van der Waals surface area (Å²) in [4.78, 5) is 0. The van der Waals surface area contributed by atoms with Crippen molar-refractivity contribution in [3.8, 4) is 0 Å². The van der Waals surface area contributed by atoms with Crippen molar-refractivity contribution in [1.29, 1.82) is 0 Å². The smallest absolute Gasteiger partial charge is 0.00698 e. The van der Waals surface area contributed by atoms with E-state index in [2.05, 4.69) is 30.9 Å². The van der Waals surface area contributed by atoms with Crippen molar-refractivity contribution in [3.63, 3.8) is 0 Å². The van der Waals surface area contributed by atoms with Gasteiger partial charge in [0.1, 0.15) is 0 Å². The summed E-state index contributed by atoms with van der Waals surface area (Å²) < 4.78 is 0. The Morgan fingerprint density at radius 1 is 1.06 bits per heavy atom. The Labute approximate surface area is 118 Å². The van der Waals surface area contributed by atoms with Crippen LogP contribution >= 0.6 is 11.8 Å². The van der Waals surface area contributed by atoms with Gasteiger partial charge in [0, 0.05) is 6.04 Å². The van der Waals surface area contributed by atoms with E-state index in [-0.39, 0.29) is 0 Å². The van der Waals surface area contributed by atoms with Crippen LogP contribution in [0.1, 0.15) is 58.8 Å². The van der Waals surface area contributed by atoms with Gasteiger partial charge in [0.25, 0.3) is 0 Å². The molecule has 1 aliphatic heterocycles. The maximum atomic E-state index is 3.89. The van der Waals surface area contributed by atoms with Gasteiger partial charge < -0.3 is 5.32 Å². The zero-order valence-electron chi connectivity index (χ0n) is 12.3. The van der Waals surface area contributed by atoms with Gasteiger partial charge in [-0.15, -0.1) is 0 Å². The molecule has 0 amide bonds. The highest BCUT2D eigenvalue weighted by Gasteiger charge is 2.23. The second kappa shape index (κ2) is 7.79. The van der Waals surface area contributed by atoms with Crippen LogP contribution in [0.2, 0.25) is 0 Å². The van der Waals surface area contributed by atoms with Crippen LogP contribution in [-0.2, 0) is 0 Å². The van der Waals surface area contributed by atoms with Crippen molar-refractivity contribution in [3.05, 3.63) is 0 Å². The van der Waals surface area contributed by atoms with Crippen molar-refractivity contribution >= 4 is 11.8 Å². The summed E-state index contributed by atoms with van der Waals surface area (Å²) in [7, 11) is 0. The van der Waals surface area contributed by atoms with Gasteiger partial charge in [0.2, 0.25) is 0 Å². The number of hydrogen-bond donors (Lipinski definition) is 1. The van der Waals surface area contributed by atoms with E-state index in [1.54, 1.807) is 0 Å². The third-order valence-corrected chi connectivity index (χ3v) is 5.67. The highest BCUT2D eigenvalue weighted by Crippen LogP contribution is 2.30. The summed E-state index contributed by atoms with van der Waals surface area (Å²) in [5.41, 5.74) is 0. The molecule has 0 spiro atoms. The van der Waals surface area contributed by atoms with E-state index >= 15 is 0 Å². The van der Waals surface area contributed by atoms with Gasteiger partial charge >= 0.3 is 0 Å². The molecular weight excluding hydrogens is 238 g/mol. The van der Waals surface area contributed by atoms with Crippen molar-refractivity contribution in [2.24, 2.45) is 17.8 Å². The van der Waals surface area contributed by atoms with Crippen LogP contribution in [0.3, 0.4) is 0 Å². The molecule has 1 N–H and O–H groups in total. The van der Waals surface area contributed by atoms with Gasteiger partial charge in [0.15, 0.2) is 0 Å². The van der Waals surface area contributed by atoms with Gasteiger partial charge in [-0.3, -0.25) is 0 Å². The molecule has 1 heterocycles. The van der Waals surface area contributed by atoms with Crippen LogP contribution in [0.5, 0.6) is 0 Å². The normalized spacial score (nSPS) is 30.8. The van der Waals surface area contributed by atoms with E-state index in [1.165, 1.54) is 63.0 Å². The standard InChI is InChI=1S/C16H31NS/c1-13(2)10-15-4-3-5-16(11-15)17-12-14-6-8-18-9-7-14/h13-17H,3-12H2,1-2H3. The zero-order valence-corrected chi connectivity index (χ0v) is 13.1. The van der Waals surface area contributed by atoms with E-state index in [1.807, 2.05) is 0 Å². The van der Waals surface area contributed by atoms with Crippen molar-refractivity contribution in [2.75, 3.05) is 18.1 Å². The van der Waals surface area contributed by atoms with Crippen LogP contribution < -0.4 is 5.32 Å². The largest absolute Gasteiger partial charge is 0.314 e. The lowest BCUT2D eigenvalue weighted by atomic mass is 9.81. The SMILES string of the molecule is CC(C)CC1CCCC(NCC2CCSCC2)C1. The first-order chi connectivity index (χ1) is 8.74. The molecule has 2 aliphatic rings. The average Bonchev–Trinajstić information content (AvgIpc) is 2.37. The third kappa shape index (κ3) is 5.13. The molecular formula is C16H31NS. The van der Waals surface area contributed by atoms with Gasteiger partial charge in [-0.25, -0.2) is 0 Å². The molecule has 0 aromatic heterocycles. The molecule has 1 saturated heterocycles. The number of hydrogen-bond acceptors (Lipinski definition) is 2. The van der Waals surface area contributed by atoms with E-state index < -0.39 is 0 Å². The van der Waals surface area contributed by atoms with Crippen LogP contribution in [0.25, 0.3) is 0 Å². The van der Waals surface area contributed by atoms with Crippen LogP contribution in [0.4, 0.5) is 0 Å².